The molecular weight excluding hydrogens is 418 g/mol. The Balaban J connectivity index is 1.75. The number of carbonyl (C=O) groups is 2. The van der Waals surface area contributed by atoms with E-state index in [4.69, 9.17) is 11.6 Å². The number of amides is 2. The summed E-state index contributed by atoms with van der Waals surface area (Å²) in [7, 11) is 3.87. The Morgan fingerprint density at radius 2 is 1.73 bits per heavy atom. The third kappa shape index (κ3) is 3.60. The average molecular weight is 438 g/mol. The minimum absolute atomic E-state index is 0.249. The molecule has 2 aromatic carbocycles. The first-order valence-corrected chi connectivity index (χ1v) is 10.6. The summed E-state index contributed by atoms with van der Waals surface area (Å²) in [5.41, 5.74) is 3.72. The van der Waals surface area contributed by atoms with Crippen LogP contribution in [-0.4, -0.2) is 25.9 Å². The minimum atomic E-state index is -0.391. The number of nitrogens with zero attached hydrogens (tertiary/aromatic N) is 2. The first-order chi connectivity index (χ1) is 14.4. The Kier molecular flexibility index (Phi) is 5.37. The Bertz CT molecular complexity index is 1150. The molecule has 152 valence electrons. The van der Waals surface area contributed by atoms with Crippen LogP contribution in [0.2, 0.25) is 5.02 Å². The van der Waals surface area contributed by atoms with Crippen LogP contribution in [0.3, 0.4) is 0 Å². The monoisotopic (exact) mass is 437 g/mol. The maximum atomic E-state index is 13.3. The maximum Gasteiger partial charge on any atom is 0.282 e. The lowest BCUT2D eigenvalue weighted by Crippen LogP contribution is -2.32. The molecule has 0 radical (unpaired) electrons. The lowest BCUT2D eigenvalue weighted by atomic mass is 10.1. The Morgan fingerprint density at radius 1 is 1.00 bits per heavy atom. The van der Waals surface area contributed by atoms with Gasteiger partial charge in [-0.05, 0) is 60.3 Å². The van der Waals surface area contributed by atoms with Crippen molar-refractivity contribution >= 4 is 57.4 Å². The predicted octanol–water partition coefficient (Wildman–Crippen LogP) is 5.17. The molecule has 1 aliphatic heterocycles. The third-order valence-corrected chi connectivity index (χ3v) is 6.21. The number of hydrogen-bond donors (Lipinski definition) is 1. The van der Waals surface area contributed by atoms with Crippen molar-refractivity contribution < 1.29 is 9.59 Å². The van der Waals surface area contributed by atoms with Gasteiger partial charge in [-0.1, -0.05) is 23.7 Å². The normalized spacial score (nSPS) is 13.9. The largest absolute Gasteiger partial charge is 0.378 e. The number of carbonyl (C=O) groups excluding carboxylic acids is 2. The number of nitrogens with one attached hydrogen (secondary N) is 1. The summed E-state index contributed by atoms with van der Waals surface area (Å²) < 4.78 is 0. The van der Waals surface area contributed by atoms with Crippen LogP contribution in [0.15, 0.2) is 65.7 Å². The number of aryl methyl sites for hydroxylation is 1. The van der Waals surface area contributed by atoms with Gasteiger partial charge >= 0.3 is 0 Å². The van der Waals surface area contributed by atoms with E-state index in [2.05, 4.69) is 5.32 Å². The zero-order chi connectivity index (χ0) is 21.4. The summed E-state index contributed by atoms with van der Waals surface area (Å²) in [6.45, 7) is 1.91. The molecule has 1 N–H and O–H groups in total. The number of hydrogen-bond acceptors (Lipinski definition) is 5. The zero-order valence-electron chi connectivity index (χ0n) is 16.8. The van der Waals surface area contributed by atoms with E-state index in [0.717, 1.165) is 16.1 Å². The van der Waals surface area contributed by atoms with E-state index >= 15 is 0 Å². The summed E-state index contributed by atoms with van der Waals surface area (Å²) in [6, 6.07) is 16.5. The highest BCUT2D eigenvalue weighted by molar-refractivity contribution is 7.11. The number of imide groups is 1. The molecule has 0 atom stereocenters. The highest BCUT2D eigenvalue weighted by Crippen LogP contribution is 2.36. The summed E-state index contributed by atoms with van der Waals surface area (Å²) in [5, 5.41) is 5.61. The van der Waals surface area contributed by atoms with Gasteiger partial charge in [0, 0.05) is 35.4 Å². The Labute approximate surface area is 184 Å². The van der Waals surface area contributed by atoms with Crippen LogP contribution in [0.4, 0.5) is 17.1 Å². The van der Waals surface area contributed by atoms with Gasteiger partial charge in [-0.3, -0.25) is 9.59 Å². The van der Waals surface area contributed by atoms with Crippen LogP contribution < -0.4 is 15.1 Å². The molecule has 0 aliphatic carbocycles. The van der Waals surface area contributed by atoms with Crippen molar-refractivity contribution in [2.24, 2.45) is 0 Å². The highest BCUT2D eigenvalue weighted by atomic mass is 35.5. The number of anilines is 3. The van der Waals surface area contributed by atoms with Crippen LogP contribution in [-0.2, 0) is 9.59 Å². The van der Waals surface area contributed by atoms with Crippen molar-refractivity contribution in [3.8, 4) is 0 Å². The van der Waals surface area contributed by atoms with Crippen LogP contribution >= 0.6 is 22.9 Å². The quantitative estimate of drug-likeness (QED) is 0.559. The number of thiophene rings is 1. The van der Waals surface area contributed by atoms with Gasteiger partial charge in [-0.2, -0.15) is 0 Å². The van der Waals surface area contributed by atoms with Gasteiger partial charge in [0.05, 0.1) is 11.3 Å². The molecule has 5 nitrogen and oxygen atoms in total. The highest BCUT2D eigenvalue weighted by Gasteiger charge is 2.40. The number of halogens is 1. The summed E-state index contributed by atoms with van der Waals surface area (Å²) in [6.07, 6.45) is 0. The summed E-state index contributed by atoms with van der Waals surface area (Å²) >= 11 is 7.66. The van der Waals surface area contributed by atoms with Gasteiger partial charge in [0.2, 0.25) is 0 Å². The second-order valence-electron chi connectivity index (χ2n) is 7.17. The molecule has 2 heterocycles. The summed E-state index contributed by atoms with van der Waals surface area (Å²) in [5.74, 6) is -0.738. The fourth-order valence-electron chi connectivity index (χ4n) is 3.24. The average Bonchev–Trinajstić information content (AvgIpc) is 3.32. The van der Waals surface area contributed by atoms with Crippen LogP contribution in [0.5, 0.6) is 0 Å². The molecule has 1 aliphatic rings. The van der Waals surface area contributed by atoms with Crippen LogP contribution in [0.1, 0.15) is 10.4 Å². The van der Waals surface area contributed by atoms with Crippen molar-refractivity contribution in [1.29, 1.82) is 0 Å². The fraction of sp³-hybridized carbons (Fsp3) is 0.130. The molecule has 4 rings (SSSR count). The van der Waals surface area contributed by atoms with E-state index in [9.17, 15) is 9.59 Å². The van der Waals surface area contributed by atoms with E-state index in [0.29, 0.717) is 22.0 Å². The van der Waals surface area contributed by atoms with E-state index < -0.39 is 5.91 Å². The van der Waals surface area contributed by atoms with Gasteiger partial charge in [0.25, 0.3) is 11.8 Å². The van der Waals surface area contributed by atoms with E-state index in [-0.39, 0.29) is 11.6 Å². The molecular formula is C23H20ClN3O2S. The van der Waals surface area contributed by atoms with E-state index in [1.807, 2.05) is 67.7 Å². The number of rotatable bonds is 5. The van der Waals surface area contributed by atoms with E-state index in [1.165, 1.54) is 16.2 Å². The lowest BCUT2D eigenvalue weighted by Gasteiger charge is -2.18. The van der Waals surface area contributed by atoms with E-state index in [1.54, 1.807) is 18.2 Å². The zero-order valence-corrected chi connectivity index (χ0v) is 18.3. The molecule has 0 unspecified atom stereocenters. The van der Waals surface area contributed by atoms with Crippen molar-refractivity contribution in [2.45, 2.75) is 6.92 Å². The van der Waals surface area contributed by atoms with Gasteiger partial charge < -0.3 is 10.2 Å². The molecule has 0 bridgehead atoms. The molecule has 0 saturated heterocycles. The van der Waals surface area contributed by atoms with Gasteiger partial charge in [0.1, 0.15) is 5.70 Å². The second kappa shape index (κ2) is 7.97. The second-order valence-corrected chi connectivity index (χ2v) is 8.53. The van der Waals surface area contributed by atoms with Crippen LogP contribution in [0, 0.1) is 6.92 Å². The Morgan fingerprint density at radius 3 is 2.33 bits per heavy atom. The Hall–Kier alpha value is -3.09. The van der Waals surface area contributed by atoms with Crippen molar-refractivity contribution in [1.82, 2.24) is 0 Å². The van der Waals surface area contributed by atoms with Gasteiger partial charge in [-0.15, -0.1) is 11.3 Å². The molecule has 0 saturated carbocycles. The maximum absolute atomic E-state index is 13.3. The smallest absolute Gasteiger partial charge is 0.282 e. The lowest BCUT2D eigenvalue weighted by molar-refractivity contribution is -0.120. The van der Waals surface area contributed by atoms with Crippen molar-refractivity contribution in [3.05, 3.63) is 81.1 Å². The molecule has 3 aromatic rings. The van der Waals surface area contributed by atoms with Crippen molar-refractivity contribution in [3.63, 3.8) is 0 Å². The fourth-order valence-corrected chi connectivity index (χ4v) is 4.19. The standard InChI is InChI=1S/C23H20ClN3O2S/c1-14-6-7-15(13-18(14)24)25-21-20(19-5-4-12-30-19)22(28)27(23(21)29)17-10-8-16(9-11-17)26(2)3/h4-13,25H,1-3H3. The molecule has 1 aromatic heterocycles. The summed E-state index contributed by atoms with van der Waals surface area (Å²) in [4.78, 5) is 30.6. The first kappa shape index (κ1) is 20.2. The molecule has 7 heteroatoms. The van der Waals surface area contributed by atoms with Gasteiger partial charge in [-0.25, -0.2) is 4.90 Å². The SMILES string of the molecule is Cc1ccc(NC2=C(c3cccs3)C(=O)N(c3ccc(N(C)C)cc3)C2=O)cc1Cl. The third-order valence-electron chi connectivity index (χ3n) is 4.92. The van der Waals surface area contributed by atoms with Gasteiger partial charge in [0.15, 0.2) is 0 Å². The topological polar surface area (TPSA) is 52.7 Å². The van der Waals surface area contributed by atoms with Crippen molar-refractivity contribution in [2.75, 3.05) is 29.2 Å². The molecule has 2 amide bonds. The molecule has 0 fully saturated rings. The first-order valence-electron chi connectivity index (χ1n) is 9.34. The molecule has 0 spiro atoms. The van der Waals surface area contributed by atoms with Crippen LogP contribution in [0.25, 0.3) is 5.57 Å². The minimum Gasteiger partial charge on any atom is -0.378 e. The number of benzene rings is 2. The predicted molar refractivity (Wildman–Crippen MR) is 124 cm³/mol. The molecule has 30 heavy (non-hydrogen) atoms.